The highest BCUT2D eigenvalue weighted by Crippen LogP contribution is 2.15. The lowest BCUT2D eigenvalue weighted by molar-refractivity contribution is -0.131. The Morgan fingerprint density at radius 2 is 2.12 bits per heavy atom. The van der Waals surface area contributed by atoms with Crippen LogP contribution in [0.2, 0.25) is 0 Å². The van der Waals surface area contributed by atoms with Crippen molar-refractivity contribution in [1.82, 2.24) is 16.0 Å². The molecule has 98 valence electrons. The van der Waals surface area contributed by atoms with Gasteiger partial charge in [0.1, 0.15) is 6.04 Å². The van der Waals surface area contributed by atoms with Crippen LogP contribution in [0.4, 0.5) is 0 Å². The van der Waals surface area contributed by atoms with Crippen LogP contribution in [0.3, 0.4) is 0 Å². The second-order valence-electron chi connectivity index (χ2n) is 4.76. The number of hydrogen-bond acceptors (Lipinski definition) is 3. The molecular formula is C12H23N3O2. The van der Waals surface area contributed by atoms with Crippen LogP contribution in [0.25, 0.3) is 0 Å². The fourth-order valence-electron chi connectivity index (χ4n) is 1.95. The minimum absolute atomic E-state index is 0.0172. The highest BCUT2D eigenvalue weighted by Gasteiger charge is 2.30. The molecular weight excluding hydrogens is 218 g/mol. The summed E-state index contributed by atoms with van der Waals surface area (Å²) >= 11 is 0. The molecule has 0 aromatic heterocycles. The van der Waals surface area contributed by atoms with E-state index < -0.39 is 6.04 Å². The van der Waals surface area contributed by atoms with Crippen molar-refractivity contribution < 1.29 is 9.59 Å². The zero-order valence-corrected chi connectivity index (χ0v) is 10.9. The fourth-order valence-corrected chi connectivity index (χ4v) is 1.95. The number of carbonyl (C=O) groups is 2. The van der Waals surface area contributed by atoms with E-state index in [4.69, 9.17) is 0 Å². The molecule has 0 aromatic carbocycles. The van der Waals surface area contributed by atoms with Crippen LogP contribution >= 0.6 is 0 Å². The van der Waals surface area contributed by atoms with E-state index in [-0.39, 0.29) is 17.7 Å². The molecule has 0 aromatic rings. The third-order valence-corrected chi connectivity index (χ3v) is 3.16. The number of rotatable bonds is 5. The third kappa shape index (κ3) is 4.00. The van der Waals surface area contributed by atoms with Gasteiger partial charge < -0.3 is 16.0 Å². The Morgan fingerprint density at radius 3 is 2.65 bits per heavy atom. The third-order valence-electron chi connectivity index (χ3n) is 3.16. The molecule has 17 heavy (non-hydrogen) atoms. The molecule has 0 radical (unpaired) electrons. The molecule has 1 heterocycles. The number of nitrogens with one attached hydrogen (secondary N) is 3. The van der Waals surface area contributed by atoms with Crippen LogP contribution in [0.5, 0.6) is 0 Å². The monoisotopic (exact) mass is 241 g/mol. The lowest BCUT2D eigenvalue weighted by atomic mass is 9.97. The maximum absolute atomic E-state index is 11.9. The summed E-state index contributed by atoms with van der Waals surface area (Å²) in [5.74, 6) is 0.179. The summed E-state index contributed by atoms with van der Waals surface area (Å²) in [7, 11) is 0. The van der Waals surface area contributed by atoms with Gasteiger partial charge in [-0.3, -0.25) is 9.59 Å². The van der Waals surface area contributed by atoms with Crippen molar-refractivity contribution in [3.05, 3.63) is 0 Å². The molecule has 0 saturated carbocycles. The molecule has 0 aliphatic carbocycles. The molecule has 0 spiro atoms. The summed E-state index contributed by atoms with van der Waals surface area (Å²) in [6, 6.07) is -0.457. The number of hydrogen-bond donors (Lipinski definition) is 3. The van der Waals surface area contributed by atoms with Gasteiger partial charge in [-0.2, -0.15) is 0 Å². The average Bonchev–Trinajstić information content (AvgIpc) is 2.72. The average molecular weight is 241 g/mol. The maximum atomic E-state index is 11.9. The predicted molar refractivity (Wildman–Crippen MR) is 66.4 cm³/mol. The molecule has 2 amide bonds. The first kappa shape index (κ1) is 14.0. The Labute approximate surface area is 103 Å². The maximum Gasteiger partial charge on any atom is 0.242 e. The topological polar surface area (TPSA) is 70.2 Å². The van der Waals surface area contributed by atoms with E-state index in [0.29, 0.717) is 19.0 Å². The van der Waals surface area contributed by atoms with Gasteiger partial charge in [0.15, 0.2) is 0 Å². The van der Waals surface area contributed by atoms with Crippen molar-refractivity contribution in [1.29, 1.82) is 0 Å². The van der Waals surface area contributed by atoms with Gasteiger partial charge in [-0.1, -0.05) is 13.8 Å². The molecule has 3 N–H and O–H groups in total. The summed E-state index contributed by atoms with van der Waals surface area (Å²) in [5.41, 5.74) is 0. The zero-order chi connectivity index (χ0) is 12.8. The highest BCUT2D eigenvalue weighted by atomic mass is 16.2. The molecule has 5 nitrogen and oxygen atoms in total. The first-order valence-corrected chi connectivity index (χ1v) is 6.35. The fraction of sp³-hybridized carbons (Fsp3) is 0.833. The highest BCUT2D eigenvalue weighted by molar-refractivity contribution is 5.88. The standard InChI is InChI=1S/C12H23N3O2/c1-4-5-14-11(16)9(3)15-12(17)10-7-13-6-8(10)2/h8-10,13H,4-7H2,1-3H3,(H,14,16)(H,15,17). The molecule has 0 bridgehead atoms. The normalized spacial score (nSPS) is 25.4. The van der Waals surface area contributed by atoms with Crippen LogP contribution in [0, 0.1) is 11.8 Å². The van der Waals surface area contributed by atoms with Gasteiger partial charge in [0.25, 0.3) is 0 Å². The first-order valence-electron chi connectivity index (χ1n) is 6.35. The van der Waals surface area contributed by atoms with Crippen LogP contribution in [0.1, 0.15) is 27.2 Å². The lowest BCUT2D eigenvalue weighted by Crippen LogP contribution is -2.47. The number of amides is 2. The Bertz CT molecular complexity index is 281. The minimum Gasteiger partial charge on any atom is -0.354 e. The second kappa shape index (κ2) is 6.59. The lowest BCUT2D eigenvalue weighted by Gasteiger charge is -2.18. The Hall–Kier alpha value is -1.10. The molecule has 1 fully saturated rings. The van der Waals surface area contributed by atoms with Gasteiger partial charge in [-0.15, -0.1) is 0 Å². The van der Waals surface area contributed by atoms with Crippen molar-refractivity contribution in [2.75, 3.05) is 19.6 Å². The smallest absolute Gasteiger partial charge is 0.242 e. The Balaban J connectivity index is 2.37. The van der Waals surface area contributed by atoms with Crippen molar-refractivity contribution in [3.8, 4) is 0 Å². The van der Waals surface area contributed by atoms with Gasteiger partial charge in [0, 0.05) is 13.1 Å². The second-order valence-corrected chi connectivity index (χ2v) is 4.76. The van der Waals surface area contributed by atoms with Crippen LogP contribution in [0.15, 0.2) is 0 Å². The van der Waals surface area contributed by atoms with Gasteiger partial charge in [-0.25, -0.2) is 0 Å². The van der Waals surface area contributed by atoms with E-state index >= 15 is 0 Å². The van der Waals surface area contributed by atoms with E-state index in [1.165, 1.54) is 0 Å². The van der Waals surface area contributed by atoms with Crippen molar-refractivity contribution >= 4 is 11.8 Å². The van der Waals surface area contributed by atoms with Crippen LogP contribution in [-0.4, -0.2) is 37.5 Å². The molecule has 5 heteroatoms. The largest absolute Gasteiger partial charge is 0.354 e. The van der Waals surface area contributed by atoms with Crippen LogP contribution in [-0.2, 0) is 9.59 Å². The van der Waals surface area contributed by atoms with Crippen molar-refractivity contribution in [3.63, 3.8) is 0 Å². The molecule has 1 saturated heterocycles. The van der Waals surface area contributed by atoms with Crippen molar-refractivity contribution in [2.24, 2.45) is 11.8 Å². The van der Waals surface area contributed by atoms with Gasteiger partial charge in [0.2, 0.25) is 11.8 Å². The Morgan fingerprint density at radius 1 is 1.41 bits per heavy atom. The summed E-state index contributed by atoms with van der Waals surface area (Å²) < 4.78 is 0. The summed E-state index contributed by atoms with van der Waals surface area (Å²) in [4.78, 5) is 23.5. The Kier molecular flexibility index (Phi) is 5.41. The summed E-state index contributed by atoms with van der Waals surface area (Å²) in [6.45, 7) is 7.99. The van der Waals surface area contributed by atoms with E-state index in [9.17, 15) is 9.59 Å². The molecule has 3 unspecified atom stereocenters. The molecule has 1 rings (SSSR count). The minimum atomic E-state index is -0.457. The van der Waals surface area contributed by atoms with Gasteiger partial charge >= 0.3 is 0 Å². The van der Waals surface area contributed by atoms with Gasteiger partial charge in [-0.05, 0) is 25.8 Å². The summed E-state index contributed by atoms with van der Waals surface area (Å²) in [6.07, 6.45) is 0.899. The van der Waals surface area contributed by atoms with E-state index in [0.717, 1.165) is 13.0 Å². The molecule has 3 atom stereocenters. The molecule has 1 aliphatic rings. The SMILES string of the molecule is CCCNC(=O)C(C)NC(=O)C1CNCC1C. The quantitative estimate of drug-likeness (QED) is 0.628. The van der Waals surface area contributed by atoms with Gasteiger partial charge in [0.05, 0.1) is 5.92 Å². The summed E-state index contributed by atoms with van der Waals surface area (Å²) in [5, 5.41) is 8.72. The van der Waals surface area contributed by atoms with Crippen LogP contribution < -0.4 is 16.0 Å². The predicted octanol–water partition coefficient (Wildman–Crippen LogP) is -0.127. The van der Waals surface area contributed by atoms with Crippen molar-refractivity contribution in [2.45, 2.75) is 33.2 Å². The first-order chi connectivity index (χ1) is 8.06. The molecule has 1 aliphatic heterocycles. The zero-order valence-electron chi connectivity index (χ0n) is 10.9. The van der Waals surface area contributed by atoms with E-state index in [1.54, 1.807) is 6.92 Å². The van der Waals surface area contributed by atoms with E-state index in [2.05, 4.69) is 16.0 Å². The van der Waals surface area contributed by atoms with E-state index in [1.807, 2.05) is 13.8 Å². The number of carbonyl (C=O) groups excluding carboxylic acids is 2.